The lowest BCUT2D eigenvalue weighted by atomic mass is 9.88. The first-order valence-corrected chi connectivity index (χ1v) is 7.06. The zero-order valence-electron chi connectivity index (χ0n) is 10.9. The molecule has 18 heavy (non-hydrogen) atoms. The molecule has 0 aliphatic carbocycles. The third-order valence-corrected chi connectivity index (χ3v) is 5.13. The van der Waals surface area contributed by atoms with Gasteiger partial charge in [0.2, 0.25) is 11.8 Å². The van der Waals surface area contributed by atoms with Crippen LogP contribution in [0.15, 0.2) is 0 Å². The number of hydrogen-bond acceptors (Lipinski definition) is 4. The van der Waals surface area contributed by atoms with Gasteiger partial charge in [-0.05, 0) is 39.4 Å². The molecule has 5 nitrogen and oxygen atoms in total. The highest BCUT2D eigenvalue weighted by atomic mass is 32.2. The van der Waals surface area contributed by atoms with Crippen LogP contribution in [0.3, 0.4) is 0 Å². The van der Waals surface area contributed by atoms with Crippen molar-refractivity contribution in [1.82, 2.24) is 10.2 Å². The van der Waals surface area contributed by atoms with Gasteiger partial charge in [0, 0.05) is 11.3 Å². The highest BCUT2D eigenvalue weighted by molar-refractivity contribution is 8.00. The SMILES string of the molecule is CC1(CN2C(=O)NC(=O)C(C)(C)C2=O)CCCS1. The first-order chi connectivity index (χ1) is 8.26. The van der Waals surface area contributed by atoms with E-state index in [0.717, 1.165) is 18.6 Å². The Balaban J connectivity index is 2.19. The van der Waals surface area contributed by atoms with Gasteiger partial charge in [0.05, 0.1) is 0 Å². The lowest BCUT2D eigenvalue weighted by Crippen LogP contribution is -2.63. The van der Waals surface area contributed by atoms with Crippen molar-refractivity contribution in [2.45, 2.75) is 38.4 Å². The molecule has 0 aromatic carbocycles. The molecule has 2 saturated heterocycles. The molecule has 0 bridgehead atoms. The van der Waals surface area contributed by atoms with Crippen LogP contribution in [0.5, 0.6) is 0 Å². The maximum Gasteiger partial charge on any atom is 0.330 e. The van der Waals surface area contributed by atoms with Crippen LogP contribution in [0.2, 0.25) is 0 Å². The monoisotopic (exact) mass is 270 g/mol. The van der Waals surface area contributed by atoms with E-state index in [-0.39, 0.29) is 4.75 Å². The first-order valence-electron chi connectivity index (χ1n) is 6.08. The highest BCUT2D eigenvalue weighted by Crippen LogP contribution is 2.39. The number of carbonyl (C=O) groups is 3. The van der Waals surface area contributed by atoms with Gasteiger partial charge >= 0.3 is 6.03 Å². The summed E-state index contributed by atoms with van der Waals surface area (Å²) < 4.78 is -0.0799. The molecule has 2 aliphatic rings. The van der Waals surface area contributed by atoms with Crippen LogP contribution >= 0.6 is 11.8 Å². The average molecular weight is 270 g/mol. The van der Waals surface area contributed by atoms with E-state index in [1.165, 1.54) is 4.90 Å². The minimum absolute atomic E-state index is 0.0799. The molecule has 0 aromatic heterocycles. The fourth-order valence-corrected chi connectivity index (χ4v) is 3.58. The molecule has 1 N–H and O–H groups in total. The van der Waals surface area contributed by atoms with Gasteiger partial charge in [-0.15, -0.1) is 0 Å². The van der Waals surface area contributed by atoms with E-state index in [9.17, 15) is 14.4 Å². The zero-order chi connectivity index (χ0) is 13.6. The number of barbiturate groups is 1. The lowest BCUT2D eigenvalue weighted by molar-refractivity contribution is -0.149. The van der Waals surface area contributed by atoms with E-state index in [1.807, 2.05) is 0 Å². The van der Waals surface area contributed by atoms with Crippen molar-refractivity contribution >= 4 is 29.6 Å². The first kappa shape index (κ1) is 13.4. The molecular formula is C12H18N2O3S. The second-order valence-corrected chi connectivity index (χ2v) is 7.36. The van der Waals surface area contributed by atoms with Crippen molar-refractivity contribution in [3.8, 4) is 0 Å². The molecule has 2 aliphatic heterocycles. The summed E-state index contributed by atoms with van der Waals surface area (Å²) in [5.41, 5.74) is -1.16. The molecule has 6 heteroatoms. The van der Waals surface area contributed by atoms with Crippen molar-refractivity contribution in [2.75, 3.05) is 12.3 Å². The van der Waals surface area contributed by atoms with Crippen LogP contribution in [-0.4, -0.2) is 39.8 Å². The van der Waals surface area contributed by atoms with Gasteiger partial charge in [-0.1, -0.05) is 0 Å². The number of imide groups is 2. The van der Waals surface area contributed by atoms with Gasteiger partial charge in [0.25, 0.3) is 0 Å². The van der Waals surface area contributed by atoms with Crippen molar-refractivity contribution in [3.05, 3.63) is 0 Å². The Morgan fingerprint density at radius 2 is 1.94 bits per heavy atom. The summed E-state index contributed by atoms with van der Waals surface area (Å²) in [6.45, 7) is 5.54. The van der Waals surface area contributed by atoms with Crippen LogP contribution in [-0.2, 0) is 9.59 Å². The molecule has 0 aromatic rings. The summed E-state index contributed by atoms with van der Waals surface area (Å²) in [5, 5.41) is 2.26. The molecule has 1 unspecified atom stereocenters. The second-order valence-electron chi connectivity index (χ2n) is 5.68. The fraction of sp³-hybridized carbons (Fsp3) is 0.750. The zero-order valence-corrected chi connectivity index (χ0v) is 11.7. The Morgan fingerprint density at radius 1 is 1.28 bits per heavy atom. The topological polar surface area (TPSA) is 66.5 Å². The second kappa shape index (κ2) is 4.26. The Hall–Kier alpha value is -1.04. The maximum atomic E-state index is 12.2. The number of thioether (sulfide) groups is 1. The van der Waals surface area contributed by atoms with E-state index < -0.39 is 23.3 Å². The van der Waals surface area contributed by atoms with Gasteiger partial charge in [-0.2, -0.15) is 11.8 Å². The number of nitrogens with zero attached hydrogens (tertiary/aromatic N) is 1. The number of urea groups is 1. The van der Waals surface area contributed by atoms with Gasteiger partial charge < -0.3 is 0 Å². The largest absolute Gasteiger partial charge is 0.330 e. The van der Waals surface area contributed by atoms with Crippen LogP contribution in [0.25, 0.3) is 0 Å². The quantitative estimate of drug-likeness (QED) is 0.770. The van der Waals surface area contributed by atoms with E-state index in [0.29, 0.717) is 6.54 Å². The molecule has 100 valence electrons. The number of amides is 4. The normalized spacial score (nSPS) is 31.7. The van der Waals surface area contributed by atoms with E-state index in [4.69, 9.17) is 0 Å². The number of carbonyl (C=O) groups excluding carboxylic acids is 3. The molecule has 4 amide bonds. The predicted octanol–water partition coefficient (Wildman–Crippen LogP) is 1.38. The minimum atomic E-state index is -1.16. The van der Waals surface area contributed by atoms with Gasteiger partial charge in [0.1, 0.15) is 5.41 Å². The van der Waals surface area contributed by atoms with E-state index in [1.54, 1.807) is 25.6 Å². The van der Waals surface area contributed by atoms with E-state index >= 15 is 0 Å². The summed E-state index contributed by atoms with van der Waals surface area (Å²) in [7, 11) is 0. The molecule has 0 radical (unpaired) electrons. The fourth-order valence-electron chi connectivity index (χ4n) is 2.29. The standard InChI is InChI=1S/C12H18N2O3S/c1-11(2)8(15)13-10(17)14(9(11)16)7-12(3)5-4-6-18-12/h4-7H2,1-3H3,(H,13,15,17). The van der Waals surface area contributed by atoms with Crippen LogP contribution in [0.4, 0.5) is 4.79 Å². The van der Waals surface area contributed by atoms with Gasteiger partial charge in [-0.25, -0.2) is 4.79 Å². The molecule has 2 fully saturated rings. The minimum Gasteiger partial charge on any atom is -0.277 e. The number of rotatable bonds is 2. The Morgan fingerprint density at radius 3 is 2.50 bits per heavy atom. The summed E-state index contributed by atoms with van der Waals surface area (Å²) in [6, 6.07) is -0.585. The lowest BCUT2D eigenvalue weighted by Gasteiger charge is -2.38. The van der Waals surface area contributed by atoms with Gasteiger partial charge in [-0.3, -0.25) is 19.8 Å². The highest BCUT2D eigenvalue weighted by Gasteiger charge is 2.49. The summed E-state index contributed by atoms with van der Waals surface area (Å²) in [5.74, 6) is 0.144. The smallest absolute Gasteiger partial charge is 0.277 e. The maximum absolute atomic E-state index is 12.2. The number of nitrogens with one attached hydrogen (secondary N) is 1. The van der Waals surface area contributed by atoms with Crippen molar-refractivity contribution in [1.29, 1.82) is 0 Å². The summed E-state index contributed by atoms with van der Waals surface area (Å²) >= 11 is 1.78. The predicted molar refractivity (Wildman–Crippen MR) is 69.1 cm³/mol. The average Bonchev–Trinajstić information content (AvgIpc) is 2.70. The third kappa shape index (κ3) is 2.13. The summed E-state index contributed by atoms with van der Waals surface area (Å²) in [4.78, 5) is 36.8. The van der Waals surface area contributed by atoms with Crippen molar-refractivity contribution in [2.24, 2.45) is 5.41 Å². The number of hydrogen-bond donors (Lipinski definition) is 1. The molecular weight excluding hydrogens is 252 g/mol. The van der Waals surface area contributed by atoms with Gasteiger partial charge in [0.15, 0.2) is 0 Å². The molecule has 0 spiro atoms. The van der Waals surface area contributed by atoms with Crippen LogP contribution < -0.4 is 5.32 Å². The summed E-state index contributed by atoms with van der Waals surface area (Å²) in [6.07, 6.45) is 2.09. The van der Waals surface area contributed by atoms with Crippen molar-refractivity contribution in [3.63, 3.8) is 0 Å². The third-order valence-electron chi connectivity index (χ3n) is 3.61. The molecule has 1 atom stereocenters. The van der Waals surface area contributed by atoms with Crippen LogP contribution in [0.1, 0.15) is 33.6 Å². The Labute approximate surface area is 111 Å². The van der Waals surface area contributed by atoms with E-state index in [2.05, 4.69) is 12.2 Å². The molecule has 2 heterocycles. The Bertz CT molecular complexity index is 414. The molecule has 0 saturated carbocycles. The van der Waals surface area contributed by atoms with Crippen LogP contribution in [0, 0.1) is 5.41 Å². The van der Waals surface area contributed by atoms with Crippen molar-refractivity contribution < 1.29 is 14.4 Å². The Kier molecular flexibility index (Phi) is 3.17. The molecule has 2 rings (SSSR count).